The van der Waals surface area contributed by atoms with Crippen LogP contribution in [0.5, 0.6) is 0 Å². The maximum atomic E-state index is 11.2. The highest BCUT2D eigenvalue weighted by atomic mass is 35.5. The molecule has 180 valence electrons. The predicted molar refractivity (Wildman–Crippen MR) is 132 cm³/mol. The van der Waals surface area contributed by atoms with Crippen LogP contribution < -0.4 is 21.7 Å². The second kappa shape index (κ2) is 11.0. The van der Waals surface area contributed by atoms with Gasteiger partial charge >= 0.3 is 5.97 Å². The molecule has 2 atom stereocenters. The highest BCUT2D eigenvalue weighted by Crippen LogP contribution is 2.26. The third kappa shape index (κ3) is 5.95. The van der Waals surface area contributed by atoms with Gasteiger partial charge in [0.15, 0.2) is 11.6 Å². The van der Waals surface area contributed by atoms with Crippen LogP contribution in [0.2, 0.25) is 10.0 Å². The van der Waals surface area contributed by atoms with E-state index in [-0.39, 0.29) is 11.9 Å². The summed E-state index contributed by atoms with van der Waals surface area (Å²) in [5, 5.41) is 24.3. The Balaban J connectivity index is 1.35. The maximum absolute atomic E-state index is 11.2. The van der Waals surface area contributed by atoms with E-state index in [1.807, 2.05) is 10.9 Å². The third-order valence-corrected chi connectivity index (χ3v) is 6.41. The van der Waals surface area contributed by atoms with Crippen molar-refractivity contribution in [1.82, 2.24) is 30.4 Å². The van der Waals surface area contributed by atoms with E-state index in [4.69, 9.17) is 28.9 Å². The Morgan fingerprint density at radius 3 is 2.85 bits per heavy atom. The van der Waals surface area contributed by atoms with Gasteiger partial charge < -0.3 is 26.8 Å². The lowest BCUT2D eigenvalue weighted by Gasteiger charge is -2.28. The number of carboxylic acid groups (broad SMARTS) is 1. The van der Waals surface area contributed by atoms with Gasteiger partial charge in [-0.2, -0.15) is 5.10 Å². The molecule has 0 radical (unpaired) electrons. The fraction of sp³-hybridized carbons (Fsp3) is 0.364. The van der Waals surface area contributed by atoms with Crippen LogP contribution in [-0.4, -0.2) is 56.0 Å². The van der Waals surface area contributed by atoms with Gasteiger partial charge in [-0.1, -0.05) is 29.3 Å². The molecule has 1 aromatic carbocycles. The molecular formula is C22H26Cl2N8O2. The SMILES string of the molecule is Nc1ncc(-c2cnn(CCNC3CCN[C@H](C(=O)O)C3)c2)nc1NCc1c(Cl)cccc1Cl. The molecular weight excluding hydrogens is 479 g/mol. The quantitative estimate of drug-likeness (QED) is 0.297. The van der Waals surface area contributed by atoms with Gasteiger partial charge in [0, 0.05) is 46.5 Å². The monoisotopic (exact) mass is 504 g/mol. The second-order valence-corrected chi connectivity index (χ2v) is 8.87. The number of aliphatic carboxylic acids is 1. The number of hydrogen-bond acceptors (Lipinski definition) is 8. The summed E-state index contributed by atoms with van der Waals surface area (Å²) >= 11 is 12.5. The van der Waals surface area contributed by atoms with Crippen molar-refractivity contribution >= 4 is 40.8 Å². The fourth-order valence-electron chi connectivity index (χ4n) is 3.83. The van der Waals surface area contributed by atoms with Crippen molar-refractivity contribution < 1.29 is 9.90 Å². The molecule has 3 heterocycles. The van der Waals surface area contributed by atoms with Crippen LogP contribution in [0.15, 0.2) is 36.8 Å². The van der Waals surface area contributed by atoms with Gasteiger partial charge in [-0.15, -0.1) is 0 Å². The van der Waals surface area contributed by atoms with Crippen molar-refractivity contribution in [3.63, 3.8) is 0 Å². The van der Waals surface area contributed by atoms with Crippen LogP contribution >= 0.6 is 23.2 Å². The molecule has 1 aliphatic rings. The zero-order valence-electron chi connectivity index (χ0n) is 18.3. The van der Waals surface area contributed by atoms with Crippen molar-refractivity contribution in [1.29, 1.82) is 0 Å². The van der Waals surface area contributed by atoms with E-state index in [0.717, 1.165) is 17.5 Å². The Bertz CT molecular complexity index is 1140. The Kier molecular flexibility index (Phi) is 7.84. The van der Waals surface area contributed by atoms with Crippen LogP contribution in [0.25, 0.3) is 11.3 Å². The number of hydrogen-bond donors (Lipinski definition) is 5. The number of nitrogen functional groups attached to an aromatic ring is 1. The summed E-state index contributed by atoms with van der Waals surface area (Å²) in [5.74, 6) is -0.108. The first-order valence-corrected chi connectivity index (χ1v) is 11.7. The summed E-state index contributed by atoms with van der Waals surface area (Å²) in [6.07, 6.45) is 6.67. The number of aromatic nitrogens is 4. The van der Waals surface area contributed by atoms with Crippen LogP contribution in [0.4, 0.5) is 11.6 Å². The highest BCUT2D eigenvalue weighted by molar-refractivity contribution is 6.36. The van der Waals surface area contributed by atoms with Crippen LogP contribution in [0, 0.1) is 0 Å². The summed E-state index contributed by atoms with van der Waals surface area (Å²) in [6, 6.07) is 5.00. The summed E-state index contributed by atoms with van der Waals surface area (Å²) in [7, 11) is 0. The molecule has 10 nitrogen and oxygen atoms in total. The van der Waals surface area contributed by atoms with Gasteiger partial charge in [-0.3, -0.25) is 9.48 Å². The van der Waals surface area contributed by atoms with Crippen molar-refractivity contribution in [3.8, 4) is 11.3 Å². The first kappa shape index (κ1) is 24.2. The van der Waals surface area contributed by atoms with Gasteiger partial charge in [-0.25, -0.2) is 9.97 Å². The molecule has 6 N–H and O–H groups in total. The largest absolute Gasteiger partial charge is 0.480 e. The number of benzene rings is 1. The number of anilines is 2. The number of halogens is 2. The Morgan fingerprint density at radius 2 is 2.09 bits per heavy atom. The number of nitrogens with one attached hydrogen (secondary N) is 3. The average Bonchev–Trinajstić information content (AvgIpc) is 3.29. The molecule has 0 spiro atoms. The van der Waals surface area contributed by atoms with Crippen molar-refractivity contribution in [2.24, 2.45) is 0 Å². The lowest BCUT2D eigenvalue weighted by molar-refractivity contribution is -0.140. The number of piperidine rings is 1. The first-order valence-electron chi connectivity index (χ1n) is 10.9. The predicted octanol–water partition coefficient (Wildman–Crippen LogP) is 2.64. The molecule has 4 rings (SSSR count). The smallest absolute Gasteiger partial charge is 0.320 e. The van der Waals surface area contributed by atoms with E-state index in [1.165, 1.54) is 0 Å². The topological polar surface area (TPSA) is 143 Å². The van der Waals surface area contributed by atoms with Crippen molar-refractivity contribution in [2.75, 3.05) is 24.1 Å². The van der Waals surface area contributed by atoms with E-state index in [9.17, 15) is 9.90 Å². The summed E-state index contributed by atoms with van der Waals surface area (Å²) in [5.41, 5.74) is 8.19. The molecule has 1 saturated heterocycles. The van der Waals surface area contributed by atoms with E-state index in [2.05, 4.69) is 31.0 Å². The second-order valence-electron chi connectivity index (χ2n) is 8.06. The summed E-state index contributed by atoms with van der Waals surface area (Å²) < 4.78 is 1.81. The number of carboxylic acids is 1. The van der Waals surface area contributed by atoms with Crippen molar-refractivity contribution in [3.05, 3.63) is 52.4 Å². The number of nitrogens with zero attached hydrogens (tertiary/aromatic N) is 4. The fourth-order valence-corrected chi connectivity index (χ4v) is 4.36. The minimum absolute atomic E-state index is 0.167. The highest BCUT2D eigenvalue weighted by Gasteiger charge is 2.25. The lowest BCUT2D eigenvalue weighted by Crippen LogP contribution is -2.49. The molecule has 12 heteroatoms. The molecule has 34 heavy (non-hydrogen) atoms. The summed E-state index contributed by atoms with van der Waals surface area (Å²) in [4.78, 5) is 20.0. The number of nitrogens with two attached hydrogens (primary N) is 1. The zero-order valence-corrected chi connectivity index (χ0v) is 19.9. The maximum Gasteiger partial charge on any atom is 0.320 e. The van der Waals surface area contributed by atoms with Gasteiger partial charge in [0.1, 0.15) is 6.04 Å². The van der Waals surface area contributed by atoms with Gasteiger partial charge in [0.25, 0.3) is 0 Å². The van der Waals surface area contributed by atoms with E-state index in [1.54, 1.807) is 30.6 Å². The molecule has 0 saturated carbocycles. The lowest BCUT2D eigenvalue weighted by atomic mass is 9.99. The van der Waals surface area contributed by atoms with Crippen LogP contribution in [0.1, 0.15) is 18.4 Å². The molecule has 0 aliphatic carbocycles. The minimum atomic E-state index is -0.809. The van der Waals surface area contributed by atoms with Crippen molar-refractivity contribution in [2.45, 2.75) is 38.0 Å². The molecule has 0 amide bonds. The molecule has 0 bridgehead atoms. The summed E-state index contributed by atoms with van der Waals surface area (Å²) in [6.45, 7) is 2.36. The third-order valence-electron chi connectivity index (χ3n) is 5.70. The Morgan fingerprint density at radius 1 is 1.29 bits per heavy atom. The van der Waals surface area contributed by atoms with Crippen LogP contribution in [0.3, 0.4) is 0 Å². The number of rotatable bonds is 9. The Labute approximate surface area is 206 Å². The minimum Gasteiger partial charge on any atom is -0.480 e. The van der Waals surface area contributed by atoms with Gasteiger partial charge in [0.2, 0.25) is 0 Å². The number of carbonyl (C=O) groups is 1. The van der Waals surface area contributed by atoms with E-state index in [0.29, 0.717) is 54.2 Å². The van der Waals surface area contributed by atoms with E-state index >= 15 is 0 Å². The normalized spacial score (nSPS) is 18.1. The first-order chi connectivity index (χ1) is 16.4. The van der Waals surface area contributed by atoms with Gasteiger partial charge in [0.05, 0.1) is 24.6 Å². The van der Waals surface area contributed by atoms with Gasteiger partial charge in [-0.05, 0) is 31.5 Å². The molecule has 1 unspecified atom stereocenters. The Hall–Kier alpha value is -2.92. The molecule has 1 aliphatic heterocycles. The molecule has 1 fully saturated rings. The average molecular weight is 505 g/mol. The standard InChI is InChI=1S/C22H26Cl2N8O2/c23-16-2-1-3-17(24)15(16)10-29-21-20(25)28-11-19(31-21)13-9-30-32(12-13)7-6-26-14-4-5-27-18(8-14)22(33)34/h1-3,9,11-12,14,18,26-27H,4-8,10H2,(H2,25,28)(H,29,31)(H,33,34)/t14?,18-/m0/s1. The van der Waals surface area contributed by atoms with E-state index < -0.39 is 12.0 Å². The zero-order chi connectivity index (χ0) is 24.1. The van der Waals surface area contributed by atoms with Crippen LogP contribution in [-0.2, 0) is 17.9 Å². The molecule has 2 aromatic heterocycles. The molecule has 3 aromatic rings.